The molecule has 8 nitrogen and oxygen atoms in total. The number of halogens is 3. The van der Waals surface area contributed by atoms with Crippen LogP contribution in [0.25, 0.3) is 16.9 Å². The standard InChI is InChI=1S/C20H16F3N5O3S/c21-20(22,23)31-15-5-3-14(4-6-15)17-12-26-19-10-9-18(27-28(17)19)25-11-13-1-7-16(8-2-13)32(24,29)30/h1-10,12H,11H2,(H,25,27)(H2,24,29,30). The summed E-state index contributed by atoms with van der Waals surface area (Å²) < 4.78 is 65.2. The van der Waals surface area contributed by atoms with Crippen molar-refractivity contribution in [1.82, 2.24) is 14.6 Å². The van der Waals surface area contributed by atoms with E-state index < -0.39 is 16.4 Å². The van der Waals surface area contributed by atoms with Gasteiger partial charge in [0.2, 0.25) is 10.0 Å². The van der Waals surface area contributed by atoms with Crippen molar-refractivity contribution in [3.05, 3.63) is 72.4 Å². The molecule has 0 aliphatic heterocycles. The zero-order chi connectivity index (χ0) is 22.9. The molecule has 0 saturated carbocycles. The van der Waals surface area contributed by atoms with Crippen LogP contribution in [0, 0.1) is 0 Å². The second-order valence-electron chi connectivity index (χ2n) is 6.75. The number of rotatable bonds is 6. The van der Waals surface area contributed by atoms with Crippen LogP contribution in [0.1, 0.15) is 5.56 Å². The Morgan fingerprint density at radius 3 is 2.31 bits per heavy atom. The molecule has 0 atom stereocenters. The molecule has 4 rings (SSSR count). The molecule has 0 unspecified atom stereocenters. The van der Waals surface area contributed by atoms with Crippen molar-refractivity contribution in [2.45, 2.75) is 17.8 Å². The van der Waals surface area contributed by atoms with E-state index in [1.165, 1.54) is 36.4 Å². The average molecular weight is 463 g/mol. The molecule has 0 bridgehead atoms. The summed E-state index contributed by atoms with van der Waals surface area (Å²) in [6.45, 7) is 0.372. The molecule has 0 fully saturated rings. The van der Waals surface area contributed by atoms with Crippen molar-refractivity contribution in [3.63, 3.8) is 0 Å². The topological polar surface area (TPSA) is 112 Å². The summed E-state index contributed by atoms with van der Waals surface area (Å²) in [7, 11) is -3.75. The average Bonchev–Trinajstić information content (AvgIpc) is 3.14. The predicted molar refractivity (Wildman–Crippen MR) is 110 cm³/mol. The van der Waals surface area contributed by atoms with Crippen molar-refractivity contribution >= 4 is 21.5 Å². The molecule has 0 radical (unpaired) electrons. The first kappa shape index (κ1) is 21.6. The highest BCUT2D eigenvalue weighted by Gasteiger charge is 2.31. The molecule has 32 heavy (non-hydrogen) atoms. The SMILES string of the molecule is NS(=O)(=O)c1ccc(CNc2ccc3ncc(-c4ccc(OC(F)(F)F)cc4)n3n2)cc1. The molecular weight excluding hydrogens is 447 g/mol. The number of nitrogens with zero attached hydrogens (tertiary/aromatic N) is 3. The molecular formula is C20H16F3N5O3S. The van der Waals surface area contributed by atoms with E-state index in [2.05, 4.69) is 20.1 Å². The number of hydrogen-bond donors (Lipinski definition) is 2. The van der Waals surface area contributed by atoms with Crippen LogP contribution < -0.4 is 15.2 Å². The third kappa shape index (κ3) is 4.98. The second kappa shape index (κ2) is 8.13. The van der Waals surface area contributed by atoms with Crippen LogP contribution in [0.3, 0.4) is 0 Å². The number of ether oxygens (including phenoxy) is 1. The predicted octanol–water partition coefficient (Wildman–Crippen LogP) is 3.55. The van der Waals surface area contributed by atoms with Crippen molar-refractivity contribution in [2.24, 2.45) is 5.14 Å². The van der Waals surface area contributed by atoms with E-state index in [1.807, 2.05) is 0 Å². The molecule has 4 aromatic rings. The monoisotopic (exact) mass is 463 g/mol. The number of aromatic nitrogens is 3. The Hall–Kier alpha value is -3.64. The van der Waals surface area contributed by atoms with Crippen molar-refractivity contribution in [2.75, 3.05) is 5.32 Å². The van der Waals surface area contributed by atoms with Crippen molar-refractivity contribution in [3.8, 4) is 17.0 Å². The highest BCUT2D eigenvalue weighted by Crippen LogP contribution is 2.27. The summed E-state index contributed by atoms with van der Waals surface area (Å²) in [4.78, 5) is 4.29. The molecule has 166 valence electrons. The summed E-state index contributed by atoms with van der Waals surface area (Å²) in [6.07, 6.45) is -3.19. The fourth-order valence-corrected chi connectivity index (χ4v) is 3.50. The van der Waals surface area contributed by atoms with Gasteiger partial charge in [-0.15, -0.1) is 18.3 Å². The number of anilines is 1. The number of alkyl halides is 3. The van der Waals surface area contributed by atoms with Gasteiger partial charge in [-0.05, 0) is 54.1 Å². The fourth-order valence-electron chi connectivity index (χ4n) is 2.98. The van der Waals surface area contributed by atoms with Gasteiger partial charge in [0.15, 0.2) is 5.65 Å². The molecule has 0 aliphatic rings. The van der Waals surface area contributed by atoms with Crippen LogP contribution in [0.2, 0.25) is 0 Å². The van der Waals surface area contributed by atoms with Gasteiger partial charge in [0, 0.05) is 12.1 Å². The quantitative estimate of drug-likeness (QED) is 0.452. The van der Waals surface area contributed by atoms with Gasteiger partial charge in [-0.2, -0.15) is 0 Å². The molecule has 0 aliphatic carbocycles. The maximum Gasteiger partial charge on any atom is 0.573 e. The lowest BCUT2D eigenvalue weighted by molar-refractivity contribution is -0.274. The first-order valence-electron chi connectivity index (χ1n) is 9.15. The molecule has 2 aromatic heterocycles. The molecule has 2 heterocycles. The number of nitrogens with one attached hydrogen (secondary N) is 1. The largest absolute Gasteiger partial charge is 0.573 e. The highest BCUT2D eigenvalue weighted by molar-refractivity contribution is 7.89. The lowest BCUT2D eigenvalue weighted by Gasteiger charge is -2.10. The first-order chi connectivity index (χ1) is 15.1. The van der Waals surface area contributed by atoms with E-state index in [0.29, 0.717) is 29.3 Å². The third-order valence-corrected chi connectivity index (χ3v) is 5.40. The highest BCUT2D eigenvalue weighted by atomic mass is 32.2. The minimum Gasteiger partial charge on any atom is -0.406 e. The normalized spacial score (nSPS) is 12.1. The molecule has 0 spiro atoms. The van der Waals surface area contributed by atoms with Crippen molar-refractivity contribution in [1.29, 1.82) is 0 Å². The van der Waals surface area contributed by atoms with Crippen LogP contribution in [0.5, 0.6) is 5.75 Å². The number of imidazole rings is 1. The summed E-state index contributed by atoms with van der Waals surface area (Å²) in [6, 6.07) is 15.0. The van der Waals surface area contributed by atoms with Gasteiger partial charge in [0.25, 0.3) is 0 Å². The van der Waals surface area contributed by atoms with E-state index in [0.717, 1.165) is 5.56 Å². The Kier molecular flexibility index (Phi) is 5.48. The van der Waals surface area contributed by atoms with Crippen LogP contribution >= 0.6 is 0 Å². The lowest BCUT2D eigenvalue weighted by atomic mass is 10.1. The molecule has 12 heteroatoms. The van der Waals surface area contributed by atoms with E-state index >= 15 is 0 Å². The number of nitrogens with two attached hydrogens (primary N) is 1. The first-order valence-corrected chi connectivity index (χ1v) is 10.7. The molecule has 0 amide bonds. The van der Waals surface area contributed by atoms with Crippen molar-refractivity contribution < 1.29 is 26.3 Å². The Morgan fingerprint density at radius 1 is 1.00 bits per heavy atom. The molecule has 0 saturated heterocycles. The van der Waals surface area contributed by atoms with Crippen LogP contribution in [0.4, 0.5) is 19.0 Å². The Balaban J connectivity index is 1.52. The summed E-state index contributed by atoms with van der Waals surface area (Å²) in [5.74, 6) is 0.197. The Bertz CT molecular complexity index is 1350. The van der Waals surface area contributed by atoms with E-state index in [4.69, 9.17) is 5.14 Å². The zero-order valence-electron chi connectivity index (χ0n) is 16.2. The summed E-state index contributed by atoms with van der Waals surface area (Å²) in [5.41, 5.74) is 2.55. The minimum atomic E-state index is -4.76. The van der Waals surface area contributed by atoms with Crippen LogP contribution in [-0.4, -0.2) is 29.4 Å². The number of primary sulfonamides is 1. The van der Waals surface area contributed by atoms with Gasteiger partial charge in [-0.1, -0.05) is 12.1 Å². The smallest absolute Gasteiger partial charge is 0.406 e. The van der Waals surface area contributed by atoms with Gasteiger partial charge in [0.05, 0.1) is 16.8 Å². The second-order valence-corrected chi connectivity index (χ2v) is 8.31. The maximum atomic E-state index is 12.3. The third-order valence-electron chi connectivity index (χ3n) is 4.47. The Morgan fingerprint density at radius 2 is 1.69 bits per heavy atom. The summed E-state index contributed by atoms with van der Waals surface area (Å²) >= 11 is 0. The molecule has 2 aromatic carbocycles. The minimum absolute atomic E-state index is 0.0236. The number of benzene rings is 2. The Labute approximate surface area is 180 Å². The van der Waals surface area contributed by atoms with Gasteiger partial charge >= 0.3 is 6.36 Å². The van der Waals surface area contributed by atoms with E-state index in [1.54, 1.807) is 35.0 Å². The fraction of sp³-hybridized carbons (Fsp3) is 0.100. The van der Waals surface area contributed by atoms with E-state index in [-0.39, 0.29) is 10.6 Å². The van der Waals surface area contributed by atoms with Gasteiger partial charge in [0.1, 0.15) is 11.6 Å². The van der Waals surface area contributed by atoms with Crippen LogP contribution in [0.15, 0.2) is 71.8 Å². The van der Waals surface area contributed by atoms with Gasteiger partial charge in [-0.25, -0.2) is 23.1 Å². The number of fused-ring (bicyclic) bond motifs is 1. The van der Waals surface area contributed by atoms with E-state index in [9.17, 15) is 21.6 Å². The zero-order valence-corrected chi connectivity index (χ0v) is 17.1. The summed E-state index contributed by atoms with van der Waals surface area (Å²) in [5, 5.41) is 12.7. The number of hydrogen-bond acceptors (Lipinski definition) is 6. The lowest BCUT2D eigenvalue weighted by Crippen LogP contribution is -2.16. The van der Waals surface area contributed by atoms with Gasteiger partial charge < -0.3 is 10.1 Å². The van der Waals surface area contributed by atoms with Gasteiger partial charge in [-0.3, -0.25) is 0 Å². The molecule has 3 N–H and O–H groups in total. The maximum absolute atomic E-state index is 12.3. The van der Waals surface area contributed by atoms with Crippen LogP contribution in [-0.2, 0) is 16.6 Å². The number of sulfonamides is 1.